The second-order valence-electron chi connectivity index (χ2n) is 6.53. The molecule has 0 aliphatic heterocycles. The van der Waals surface area contributed by atoms with Crippen molar-refractivity contribution in [1.82, 2.24) is 0 Å². The summed E-state index contributed by atoms with van der Waals surface area (Å²) in [5.41, 5.74) is 1.22. The summed E-state index contributed by atoms with van der Waals surface area (Å²) in [5.74, 6) is 3.11. The lowest BCUT2D eigenvalue weighted by Gasteiger charge is -2.26. The van der Waals surface area contributed by atoms with Gasteiger partial charge in [0.1, 0.15) is 0 Å². The molecule has 2 fully saturated rings. The molecule has 0 amide bonds. The number of ketones is 1. The van der Waals surface area contributed by atoms with Gasteiger partial charge >= 0.3 is 0 Å². The summed E-state index contributed by atoms with van der Waals surface area (Å²) in [6.07, 6.45) is 4.95. The van der Waals surface area contributed by atoms with Crippen molar-refractivity contribution in [3.63, 3.8) is 0 Å². The van der Waals surface area contributed by atoms with Crippen LogP contribution < -0.4 is 0 Å². The minimum absolute atomic E-state index is 0.103. The number of hydrogen-bond acceptors (Lipinski definition) is 2. The Kier molecular flexibility index (Phi) is 4.25. The van der Waals surface area contributed by atoms with Crippen LogP contribution in [0.25, 0.3) is 0 Å². The van der Waals surface area contributed by atoms with E-state index in [2.05, 4.69) is 33.1 Å². The summed E-state index contributed by atoms with van der Waals surface area (Å²) in [6, 6.07) is 0. The van der Waals surface area contributed by atoms with Gasteiger partial charge in [-0.2, -0.15) is 0 Å². The van der Waals surface area contributed by atoms with Gasteiger partial charge in [0, 0.05) is 11.5 Å². The lowest BCUT2D eigenvalue weighted by Crippen LogP contribution is -2.20. The van der Waals surface area contributed by atoms with Crippen molar-refractivity contribution in [1.29, 1.82) is 0 Å². The average molecular weight is 266 g/mol. The van der Waals surface area contributed by atoms with Crippen molar-refractivity contribution in [2.45, 2.75) is 53.4 Å². The van der Waals surface area contributed by atoms with Gasteiger partial charge in [-0.05, 0) is 47.7 Å². The molecule has 0 aromatic carbocycles. The van der Waals surface area contributed by atoms with E-state index in [4.69, 9.17) is 0 Å². The Morgan fingerprint density at radius 2 is 2.11 bits per heavy atom. The first-order valence-corrected chi connectivity index (χ1v) is 8.41. The SMILES string of the molecule is CCCCS/C=C1/C(=O)[C@@H]2[C@H](C)CC[C@@H]2C1(C)C. The smallest absolute Gasteiger partial charge is 0.163 e. The van der Waals surface area contributed by atoms with Crippen LogP contribution in [0.15, 0.2) is 11.0 Å². The van der Waals surface area contributed by atoms with Gasteiger partial charge in [-0.3, -0.25) is 4.79 Å². The number of fused-ring (bicyclic) bond motifs is 1. The number of Topliss-reactive ketones (excluding diaryl/α,β-unsaturated/α-hetero) is 1. The highest BCUT2D eigenvalue weighted by atomic mass is 32.2. The Balaban J connectivity index is 2.14. The molecule has 0 unspecified atom stereocenters. The van der Waals surface area contributed by atoms with Crippen LogP contribution >= 0.6 is 11.8 Å². The van der Waals surface area contributed by atoms with Crippen molar-refractivity contribution in [3.8, 4) is 0 Å². The molecule has 0 radical (unpaired) electrons. The molecule has 0 heterocycles. The van der Waals surface area contributed by atoms with Gasteiger partial charge in [0.05, 0.1) is 0 Å². The number of allylic oxidation sites excluding steroid dienone is 1. The fourth-order valence-electron chi connectivity index (χ4n) is 3.73. The summed E-state index contributed by atoms with van der Waals surface area (Å²) < 4.78 is 0. The highest BCUT2D eigenvalue weighted by molar-refractivity contribution is 8.02. The molecule has 0 aromatic heterocycles. The van der Waals surface area contributed by atoms with Crippen LogP contribution in [0.2, 0.25) is 0 Å². The number of carbonyl (C=O) groups excluding carboxylic acids is 1. The maximum atomic E-state index is 12.6. The van der Waals surface area contributed by atoms with E-state index in [0.29, 0.717) is 23.5 Å². The van der Waals surface area contributed by atoms with Crippen LogP contribution in [0.3, 0.4) is 0 Å². The molecule has 0 spiro atoms. The minimum atomic E-state index is 0.103. The molecule has 102 valence electrons. The van der Waals surface area contributed by atoms with Crippen molar-refractivity contribution >= 4 is 17.5 Å². The molecule has 0 saturated heterocycles. The summed E-state index contributed by atoms with van der Waals surface area (Å²) in [6.45, 7) is 9.02. The summed E-state index contributed by atoms with van der Waals surface area (Å²) in [5, 5.41) is 2.18. The van der Waals surface area contributed by atoms with Crippen molar-refractivity contribution < 1.29 is 4.79 Å². The molecule has 2 aliphatic rings. The van der Waals surface area contributed by atoms with Gasteiger partial charge in [-0.15, -0.1) is 11.8 Å². The second-order valence-corrected chi connectivity index (χ2v) is 7.51. The van der Waals surface area contributed by atoms with E-state index >= 15 is 0 Å². The standard InChI is InChI=1S/C16H26OS/c1-5-6-9-18-10-13-15(17)14-11(2)7-8-12(14)16(13,3)4/h10-12,14H,5-9H2,1-4H3/b13-10-/t11-,12+,14-/m1/s1. The van der Waals surface area contributed by atoms with Crippen LogP contribution in [-0.4, -0.2) is 11.5 Å². The molecule has 0 aromatic rings. The normalized spacial score (nSPS) is 36.3. The number of hydrogen-bond donors (Lipinski definition) is 0. The molecule has 2 heteroatoms. The van der Waals surface area contributed by atoms with Gasteiger partial charge in [0.2, 0.25) is 0 Å². The molecule has 0 N–H and O–H groups in total. The zero-order valence-corrected chi connectivity index (χ0v) is 13.0. The van der Waals surface area contributed by atoms with E-state index in [1.165, 1.54) is 25.7 Å². The largest absolute Gasteiger partial charge is 0.294 e. The van der Waals surface area contributed by atoms with Crippen LogP contribution in [0.5, 0.6) is 0 Å². The third kappa shape index (κ3) is 2.29. The average Bonchev–Trinajstić information content (AvgIpc) is 2.78. The number of carbonyl (C=O) groups is 1. The summed E-state index contributed by atoms with van der Waals surface area (Å²) >= 11 is 1.84. The lowest BCUT2D eigenvalue weighted by atomic mass is 9.77. The fraction of sp³-hybridized carbons (Fsp3) is 0.812. The molecule has 0 bridgehead atoms. The highest BCUT2D eigenvalue weighted by Crippen LogP contribution is 2.57. The van der Waals surface area contributed by atoms with E-state index in [1.807, 2.05) is 11.8 Å². The maximum Gasteiger partial charge on any atom is 0.163 e. The minimum Gasteiger partial charge on any atom is -0.294 e. The Labute approximate surface area is 116 Å². The monoisotopic (exact) mass is 266 g/mol. The van der Waals surface area contributed by atoms with Crippen molar-refractivity contribution in [3.05, 3.63) is 11.0 Å². The zero-order chi connectivity index (χ0) is 13.3. The van der Waals surface area contributed by atoms with Crippen LogP contribution in [0.1, 0.15) is 53.4 Å². The maximum absolute atomic E-state index is 12.6. The van der Waals surface area contributed by atoms with Gasteiger partial charge < -0.3 is 0 Å². The molecule has 2 saturated carbocycles. The van der Waals surface area contributed by atoms with E-state index in [0.717, 1.165) is 11.3 Å². The van der Waals surface area contributed by atoms with Crippen LogP contribution in [0, 0.1) is 23.2 Å². The number of rotatable bonds is 4. The van der Waals surface area contributed by atoms with E-state index in [-0.39, 0.29) is 5.41 Å². The van der Waals surface area contributed by atoms with Crippen LogP contribution in [0.4, 0.5) is 0 Å². The second kappa shape index (κ2) is 5.40. The first-order valence-electron chi connectivity index (χ1n) is 7.36. The van der Waals surface area contributed by atoms with Gasteiger partial charge in [0.25, 0.3) is 0 Å². The highest BCUT2D eigenvalue weighted by Gasteiger charge is 2.55. The van der Waals surface area contributed by atoms with Crippen LogP contribution in [-0.2, 0) is 4.79 Å². The molecule has 18 heavy (non-hydrogen) atoms. The first-order chi connectivity index (χ1) is 8.50. The third-order valence-electron chi connectivity index (χ3n) is 4.99. The number of thioether (sulfide) groups is 1. The predicted octanol–water partition coefficient (Wildman–Crippen LogP) is 4.67. The van der Waals surface area contributed by atoms with Gasteiger partial charge in [0.15, 0.2) is 5.78 Å². The van der Waals surface area contributed by atoms with Gasteiger partial charge in [-0.25, -0.2) is 0 Å². The molecular weight excluding hydrogens is 240 g/mol. The molecule has 2 rings (SSSR count). The quantitative estimate of drug-likeness (QED) is 0.543. The molecule has 3 atom stereocenters. The first kappa shape index (κ1) is 14.2. The van der Waals surface area contributed by atoms with E-state index in [9.17, 15) is 4.79 Å². The Bertz CT molecular complexity index is 356. The Morgan fingerprint density at radius 3 is 2.72 bits per heavy atom. The topological polar surface area (TPSA) is 17.1 Å². The third-order valence-corrected chi connectivity index (χ3v) is 5.91. The van der Waals surface area contributed by atoms with Crippen molar-refractivity contribution in [2.24, 2.45) is 23.2 Å². The lowest BCUT2D eigenvalue weighted by molar-refractivity contribution is -0.119. The molecule has 2 aliphatic carbocycles. The zero-order valence-electron chi connectivity index (χ0n) is 12.2. The Morgan fingerprint density at radius 1 is 1.39 bits per heavy atom. The fourth-order valence-corrected chi connectivity index (χ4v) is 4.89. The Hall–Kier alpha value is -0.240. The summed E-state index contributed by atoms with van der Waals surface area (Å²) in [4.78, 5) is 12.6. The van der Waals surface area contributed by atoms with E-state index in [1.54, 1.807) is 0 Å². The number of unbranched alkanes of at least 4 members (excludes halogenated alkanes) is 1. The van der Waals surface area contributed by atoms with E-state index < -0.39 is 0 Å². The predicted molar refractivity (Wildman–Crippen MR) is 79.6 cm³/mol. The van der Waals surface area contributed by atoms with Gasteiger partial charge in [-0.1, -0.05) is 34.1 Å². The van der Waals surface area contributed by atoms with Crippen molar-refractivity contribution in [2.75, 3.05) is 5.75 Å². The molecule has 1 nitrogen and oxygen atoms in total. The molecular formula is C16H26OS. The summed E-state index contributed by atoms with van der Waals surface area (Å²) in [7, 11) is 0.